The maximum Gasteiger partial charge on any atom is 0.259 e. The molecule has 0 bridgehead atoms. The number of benzene rings is 2. The number of carbonyl (C=O) groups excluding carboxylic acids is 1. The first-order valence-electron chi connectivity index (χ1n) is 10.5. The number of anilines is 1. The Labute approximate surface area is 180 Å². The van der Waals surface area contributed by atoms with E-state index >= 15 is 0 Å². The molecule has 7 heteroatoms. The van der Waals surface area contributed by atoms with Gasteiger partial charge in [-0.05, 0) is 51.0 Å². The molecule has 1 N–H and O–H groups in total. The summed E-state index contributed by atoms with van der Waals surface area (Å²) in [4.78, 5) is 13.0. The van der Waals surface area contributed by atoms with Crippen LogP contribution in [0.25, 0.3) is 0 Å². The van der Waals surface area contributed by atoms with Gasteiger partial charge in [0.15, 0.2) is 11.5 Å². The zero-order valence-electron chi connectivity index (χ0n) is 17.6. The number of nitrogens with one attached hydrogen (secondary N) is 1. The van der Waals surface area contributed by atoms with Crippen LogP contribution in [0.2, 0.25) is 0 Å². The molecule has 1 amide bonds. The average Bonchev–Trinajstić information content (AvgIpc) is 3.46. The fourth-order valence-corrected chi connectivity index (χ4v) is 4.13. The molecule has 5 rings (SSSR count). The number of hydrogen-bond acceptors (Lipinski definition) is 6. The Kier molecular flexibility index (Phi) is 4.81. The van der Waals surface area contributed by atoms with Crippen LogP contribution in [-0.4, -0.2) is 16.9 Å². The lowest BCUT2D eigenvalue weighted by molar-refractivity contribution is -0.0716. The minimum absolute atomic E-state index is 0.260. The topological polar surface area (TPSA) is 82.8 Å². The molecule has 1 aromatic heterocycles. The lowest BCUT2D eigenvalue weighted by atomic mass is 10.1. The first kappa shape index (κ1) is 19.5. The Bertz CT molecular complexity index is 1110. The summed E-state index contributed by atoms with van der Waals surface area (Å²) in [6.07, 6.45) is 3.98. The van der Waals surface area contributed by atoms with E-state index in [9.17, 15) is 4.79 Å². The first-order chi connectivity index (χ1) is 15.0. The molecule has 1 aliphatic carbocycles. The zero-order chi connectivity index (χ0) is 21.4. The minimum Gasteiger partial charge on any atom is -0.488 e. The van der Waals surface area contributed by atoms with Gasteiger partial charge in [-0.1, -0.05) is 17.3 Å². The molecule has 2 heterocycles. The maximum atomic E-state index is 13.0. The van der Waals surface area contributed by atoms with Gasteiger partial charge in [-0.25, -0.2) is 0 Å². The van der Waals surface area contributed by atoms with Gasteiger partial charge in [0.1, 0.15) is 18.1 Å². The van der Waals surface area contributed by atoms with E-state index in [0.29, 0.717) is 28.5 Å². The molecule has 2 aliphatic rings. The SMILES string of the molecule is Cc1noc(C)c1COc1ccccc1C(=O)Nc1ccc2c(c1)OC1(CCCC1)O2. The van der Waals surface area contributed by atoms with Crippen molar-refractivity contribution in [1.82, 2.24) is 5.16 Å². The molecule has 1 fully saturated rings. The van der Waals surface area contributed by atoms with Crippen LogP contribution in [0.15, 0.2) is 47.0 Å². The predicted octanol–water partition coefficient (Wildman–Crippen LogP) is 5.16. The van der Waals surface area contributed by atoms with Crippen LogP contribution < -0.4 is 19.5 Å². The van der Waals surface area contributed by atoms with E-state index in [0.717, 1.165) is 42.7 Å². The molecule has 1 saturated carbocycles. The zero-order valence-corrected chi connectivity index (χ0v) is 17.6. The monoisotopic (exact) mass is 420 g/mol. The largest absolute Gasteiger partial charge is 0.488 e. The molecule has 0 radical (unpaired) electrons. The van der Waals surface area contributed by atoms with Crippen molar-refractivity contribution in [1.29, 1.82) is 0 Å². The molecule has 0 unspecified atom stereocenters. The Morgan fingerprint density at radius 1 is 1.10 bits per heavy atom. The summed E-state index contributed by atoms with van der Waals surface area (Å²) in [6, 6.07) is 12.6. The molecule has 0 atom stereocenters. The fourth-order valence-electron chi connectivity index (χ4n) is 4.13. The van der Waals surface area contributed by atoms with Crippen LogP contribution in [0.5, 0.6) is 17.2 Å². The van der Waals surface area contributed by atoms with Gasteiger partial charge in [0.25, 0.3) is 11.7 Å². The smallest absolute Gasteiger partial charge is 0.259 e. The highest BCUT2D eigenvalue weighted by molar-refractivity contribution is 6.06. The van der Waals surface area contributed by atoms with Crippen LogP contribution in [0.1, 0.15) is 53.1 Å². The highest BCUT2D eigenvalue weighted by Crippen LogP contribution is 2.47. The molecule has 0 saturated heterocycles. The van der Waals surface area contributed by atoms with Crippen LogP contribution in [0, 0.1) is 13.8 Å². The summed E-state index contributed by atoms with van der Waals surface area (Å²) in [7, 11) is 0. The normalized spacial score (nSPS) is 15.9. The number of amides is 1. The fraction of sp³-hybridized carbons (Fsp3) is 0.333. The molecule has 160 valence electrons. The number of nitrogens with zero attached hydrogens (tertiary/aromatic N) is 1. The van der Waals surface area contributed by atoms with Crippen molar-refractivity contribution in [2.75, 3.05) is 5.32 Å². The van der Waals surface area contributed by atoms with Gasteiger partial charge in [0, 0.05) is 24.6 Å². The lowest BCUT2D eigenvalue weighted by Crippen LogP contribution is -2.34. The summed E-state index contributed by atoms with van der Waals surface area (Å²) >= 11 is 0. The minimum atomic E-state index is -0.524. The lowest BCUT2D eigenvalue weighted by Gasteiger charge is -2.21. The summed E-state index contributed by atoms with van der Waals surface area (Å²) < 4.78 is 23.2. The number of ether oxygens (including phenoxy) is 3. The van der Waals surface area contributed by atoms with Crippen molar-refractivity contribution < 1.29 is 23.5 Å². The molecule has 1 aliphatic heterocycles. The van der Waals surface area contributed by atoms with Crippen molar-refractivity contribution in [3.8, 4) is 17.2 Å². The van der Waals surface area contributed by atoms with Gasteiger partial charge in [0.05, 0.1) is 16.8 Å². The van der Waals surface area contributed by atoms with E-state index in [4.69, 9.17) is 18.7 Å². The van der Waals surface area contributed by atoms with E-state index in [1.54, 1.807) is 18.2 Å². The average molecular weight is 420 g/mol. The van der Waals surface area contributed by atoms with Crippen molar-refractivity contribution in [2.45, 2.75) is 51.9 Å². The van der Waals surface area contributed by atoms with Gasteiger partial charge in [0.2, 0.25) is 0 Å². The Hall–Kier alpha value is -3.48. The van der Waals surface area contributed by atoms with Crippen molar-refractivity contribution in [3.63, 3.8) is 0 Å². The van der Waals surface area contributed by atoms with Crippen LogP contribution in [0.4, 0.5) is 5.69 Å². The summed E-state index contributed by atoms with van der Waals surface area (Å²) in [5.74, 6) is 1.81. The summed E-state index contributed by atoms with van der Waals surface area (Å²) in [6.45, 7) is 3.98. The van der Waals surface area contributed by atoms with Gasteiger partial charge in [-0.15, -0.1) is 0 Å². The number of carbonyl (C=O) groups is 1. The number of fused-ring (bicyclic) bond motifs is 1. The van der Waals surface area contributed by atoms with E-state index in [1.807, 2.05) is 38.1 Å². The third kappa shape index (κ3) is 3.71. The molecule has 2 aromatic carbocycles. The van der Waals surface area contributed by atoms with Crippen LogP contribution in [-0.2, 0) is 6.61 Å². The molecule has 3 aromatic rings. The molecule has 7 nitrogen and oxygen atoms in total. The Morgan fingerprint density at radius 2 is 1.87 bits per heavy atom. The number of aryl methyl sites for hydroxylation is 2. The molecular weight excluding hydrogens is 396 g/mol. The summed E-state index contributed by atoms with van der Waals surface area (Å²) in [5.41, 5.74) is 2.74. The van der Waals surface area contributed by atoms with Crippen LogP contribution in [0.3, 0.4) is 0 Å². The quantitative estimate of drug-likeness (QED) is 0.614. The number of aromatic nitrogens is 1. The van der Waals surface area contributed by atoms with E-state index in [1.165, 1.54) is 0 Å². The Balaban J connectivity index is 1.31. The summed E-state index contributed by atoms with van der Waals surface area (Å²) in [5, 5.41) is 6.88. The first-order valence-corrected chi connectivity index (χ1v) is 10.5. The van der Waals surface area contributed by atoms with Gasteiger partial charge in [-0.3, -0.25) is 4.79 Å². The standard InChI is InChI=1S/C24H24N2O5/c1-15-19(16(2)31-26-15)14-28-20-8-4-3-7-18(20)23(27)25-17-9-10-21-22(13-17)30-24(29-21)11-5-6-12-24/h3-4,7-10,13H,5-6,11-12,14H2,1-2H3,(H,25,27). The highest BCUT2D eigenvalue weighted by atomic mass is 16.7. The third-order valence-corrected chi connectivity index (χ3v) is 5.84. The highest BCUT2D eigenvalue weighted by Gasteiger charge is 2.44. The van der Waals surface area contributed by atoms with E-state index in [2.05, 4.69) is 10.5 Å². The van der Waals surface area contributed by atoms with Crippen molar-refractivity contribution >= 4 is 11.6 Å². The third-order valence-electron chi connectivity index (χ3n) is 5.84. The number of rotatable bonds is 5. The molecular formula is C24H24N2O5. The Morgan fingerprint density at radius 3 is 2.65 bits per heavy atom. The van der Waals surface area contributed by atoms with Gasteiger partial charge >= 0.3 is 0 Å². The van der Waals surface area contributed by atoms with Crippen molar-refractivity contribution in [2.24, 2.45) is 0 Å². The second-order valence-electron chi connectivity index (χ2n) is 8.03. The van der Waals surface area contributed by atoms with Crippen molar-refractivity contribution in [3.05, 3.63) is 65.0 Å². The second-order valence-corrected chi connectivity index (χ2v) is 8.03. The number of para-hydroxylation sites is 1. The second kappa shape index (κ2) is 7.65. The molecule has 1 spiro atoms. The van der Waals surface area contributed by atoms with E-state index < -0.39 is 5.79 Å². The maximum absolute atomic E-state index is 13.0. The van der Waals surface area contributed by atoms with Gasteiger partial charge < -0.3 is 24.1 Å². The van der Waals surface area contributed by atoms with Gasteiger partial charge in [-0.2, -0.15) is 0 Å². The van der Waals surface area contributed by atoms with E-state index in [-0.39, 0.29) is 12.5 Å². The van der Waals surface area contributed by atoms with Crippen LogP contribution >= 0.6 is 0 Å². The number of hydrogen-bond donors (Lipinski definition) is 1. The predicted molar refractivity (Wildman–Crippen MR) is 114 cm³/mol. The molecule has 31 heavy (non-hydrogen) atoms.